The lowest BCUT2D eigenvalue weighted by Crippen LogP contribution is -2.07. The number of carbonyl (C=O) groups is 1. The molecule has 7 heteroatoms. The highest BCUT2D eigenvalue weighted by atomic mass is 35.5. The second-order valence-electron chi connectivity index (χ2n) is 7.55. The summed E-state index contributed by atoms with van der Waals surface area (Å²) in [5, 5.41) is 2.24. The second kappa shape index (κ2) is 8.21. The summed E-state index contributed by atoms with van der Waals surface area (Å²) >= 11 is 14.0. The number of aromatic nitrogens is 2. The van der Waals surface area contributed by atoms with Crippen molar-refractivity contribution in [3.8, 4) is 0 Å². The number of esters is 1. The third-order valence-electron chi connectivity index (χ3n) is 5.39. The lowest BCUT2D eigenvalue weighted by Gasteiger charge is -2.13. The van der Waals surface area contributed by atoms with E-state index in [0.717, 1.165) is 28.5 Å². The van der Waals surface area contributed by atoms with E-state index in [0.29, 0.717) is 16.5 Å². The molecule has 2 aromatic heterocycles. The summed E-state index contributed by atoms with van der Waals surface area (Å²) in [6.07, 6.45) is 3.19. The molecule has 1 aliphatic rings. The third-order valence-corrected chi connectivity index (χ3v) is 7.23. The minimum absolute atomic E-state index is 0.125. The highest BCUT2D eigenvalue weighted by molar-refractivity contribution is 7.99. The summed E-state index contributed by atoms with van der Waals surface area (Å²) in [6, 6.07) is 7.76. The zero-order chi connectivity index (χ0) is 20.7. The van der Waals surface area contributed by atoms with Crippen molar-refractivity contribution in [2.45, 2.75) is 54.9 Å². The van der Waals surface area contributed by atoms with Crippen LogP contribution in [0.5, 0.6) is 0 Å². The Balaban J connectivity index is 1.91. The van der Waals surface area contributed by atoms with Crippen LogP contribution >= 0.6 is 35.0 Å². The maximum Gasteiger partial charge on any atom is 0.306 e. The quantitative estimate of drug-likeness (QED) is 0.408. The summed E-state index contributed by atoms with van der Waals surface area (Å²) in [4.78, 5) is 18.9. The van der Waals surface area contributed by atoms with Gasteiger partial charge in [-0.05, 0) is 36.6 Å². The van der Waals surface area contributed by atoms with Gasteiger partial charge in [-0.3, -0.25) is 9.78 Å². The number of halogens is 2. The molecular formula is C22H22Cl2N2O2S. The number of fused-ring (bicyclic) bond motifs is 3. The summed E-state index contributed by atoms with van der Waals surface area (Å²) in [7, 11) is 1.44. The zero-order valence-corrected chi connectivity index (χ0v) is 18.9. The van der Waals surface area contributed by atoms with Crippen LogP contribution in [0.1, 0.15) is 49.9 Å². The van der Waals surface area contributed by atoms with E-state index in [9.17, 15) is 4.79 Å². The first-order chi connectivity index (χ1) is 13.9. The fourth-order valence-electron chi connectivity index (χ4n) is 4.06. The molecule has 0 spiro atoms. The predicted octanol–water partition coefficient (Wildman–Crippen LogP) is 6.67. The van der Waals surface area contributed by atoms with E-state index in [-0.39, 0.29) is 17.8 Å². The normalized spacial score (nSPS) is 15.9. The van der Waals surface area contributed by atoms with Gasteiger partial charge in [-0.1, -0.05) is 48.8 Å². The molecular weight excluding hydrogens is 427 g/mol. The lowest BCUT2D eigenvalue weighted by molar-refractivity contribution is -0.141. The standard InChI is InChI=1S/C22H22Cl2N2O2S/c1-12(2)20-19-17(6-8-25-20)26-9-7-13(10-18(27)28-3)21(26)22(19)29-14-4-5-15(23)16(24)11-14/h4-6,8,11-13H,7,9-10H2,1-3H3/t13-/m1/s1. The van der Waals surface area contributed by atoms with Gasteiger partial charge in [0.2, 0.25) is 0 Å². The molecule has 0 saturated heterocycles. The molecule has 0 aliphatic carbocycles. The summed E-state index contributed by atoms with van der Waals surface area (Å²) < 4.78 is 7.29. The van der Waals surface area contributed by atoms with Crippen molar-refractivity contribution in [1.82, 2.24) is 9.55 Å². The van der Waals surface area contributed by atoms with Crippen LogP contribution in [-0.2, 0) is 16.1 Å². The van der Waals surface area contributed by atoms with E-state index in [4.69, 9.17) is 27.9 Å². The van der Waals surface area contributed by atoms with Crippen molar-refractivity contribution in [3.63, 3.8) is 0 Å². The Labute approximate surface area is 184 Å². The molecule has 3 aromatic rings. The number of nitrogens with zero attached hydrogens (tertiary/aromatic N) is 2. The summed E-state index contributed by atoms with van der Waals surface area (Å²) in [5.41, 5.74) is 3.44. The minimum atomic E-state index is -0.179. The van der Waals surface area contributed by atoms with Crippen LogP contribution in [-0.4, -0.2) is 22.6 Å². The average molecular weight is 449 g/mol. The molecule has 29 heavy (non-hydrogen) atoms. The van der Waals surface area contributed by atoms with Crippen molar-refractivity contribution in [2.75, 3.05) is 7.11 Å². The zero-order valence-electron chi connectivity index (χ0n) is 16.5. The number of aryl methyl sites for hydroxylation is 1. The maximum absolute atomic E-state index is 12.0. The first-order valence-electron chi connectivity index (χ1n) is 9.61. The monoisotopic (exact) mass is 448 g/mol. The van der Waals surface area contributed by atoms with Gasteiger partial charge >= 0.3 is 5.97 Å². The van der Waals surface area contributed by atoms with Crippen molar-refractivity contribution in [3.05, 3.63) is 51.9 Å². The van der Waals surface area contributed by atoms with E-state index in [1.165, 1.54) is 23.7 Å². The number of methoxy groups -OCH3 is 1. The molecule has 1 atom stereocenters. The number of hydrogen-bond donors (Lipinski definition) is 0. The van der Waals surface area contributed by atoms with Crippen LogP contribution in [0.4, 0.5) is 0 Å². The Morgan fingerprint density at radius 3 is 2.79 bits per heavy atom. The number of rotatable bonds is 5. The van der Waals surface area contributed by atoms with Gasteiger partial charge in [0, 0.05) is 39.5 Å². The van der Waals surface area contributed by atoms with Crippen LogP contribution in [0.15, 0.2) is 40.3 Å². The van der Waals surface area contributed by atoms with E-state index < -0.39 is 0 Å². The van der Waals surface area contributed by atoms with Crippen LogP contribution in [0.2, 0.25) is 10.0 Å². The van der Waals surface area contributed by atoms with E-state index in [1.807, 2.05) is 24.4 Å². The predicted molar refractivity (Wildman–Crippen MR) is 118 cm³/mol. The van der Waals surface area contributed by atoms with Gasteiger partial charge < -0.3 is 9.30 Å². The molecule has 3 heterocycles. The number of hydrogen-bond acceptors (Lipinski definition) is 4. The molecule has 0 fully saturated rings. The average Bonchev–Trinajstić information content (AvgIpc) is 3.24. The van der Waals surface area contributed by atoms with Gasteiger partial charge in [-0.25, -0.2) is 0 Å². The highest BCUT2D eigenvalue weighted by Gasteiger charge is 2.33. The van der Waals surface area contributed by atoms with Gasteiger partial charge in [0.25, 0.3) is 0 Å². The van der Waals surface area contributed by atoms with Gasteiger partial charge in [0.15, 0.2) is 0 Å². The maximum atomic E-state index is 12.0. The van der Waals surface area contributed by atoms with Crippen LogP contribution in [0, 0.1) is 0 Å². The molecule has 0 unspecified atom stereocenters. The fourth-order valence-corrected chi connectivity index (χ4v) is 5.66. The van der Waals surface area contributed by atoms with Crippen LogP contribution in [0.25, 0.3) is 10.9 Å². The smallest absolute Gasteiger partial charge is 0.306 e. The molecule has 4 nitrogen and oxygen atoms in total. The number of carbonyl (C=O) groups excluding carboxylic acids is 1. The minimum Gasteiger partial charge on any atom is -0.469 e. The SMILES string of the molecule is COC(=O)C[C@H]1CCn2c1c(Sc1ccc(Cl)c(Cl)c1)c1c(C(C)C)nccc12. The largest absolute Gasteiger partial charge is 0.469 e. The van der Waals surface area contributed by atoms with Gasteiger partial charge in [0.05, 0.1) is 34.8 Å². The molecule has 0 bridgehead atoms. The summed E-state index contributed by atoms with van der Waals surface area (Å²) in [5.74, 6) is 0.232. The number of benzene rings is 1. The summed E-state index contributed by atoms with van der Waals surface area (Å²) in [6.45, 7) is 5.20. The highest BCUT2D eigenvalue weighted by Crippen LogP contribution is 2.48. The van der Waals surface area contributed by atoms with Gasteiger partial charge in [0.1, 0.15) is 0 Å². The first-order valence-corrected chi connectivity index (χ1v) is 11.2. The molecule has 0 saturated carbocycles. The topological polar surface area (TPSA) is 44.1 Å². The van der Waals surface area contributed by atoms with Gasteiger partial charge in [-0.2, -0.15) is 0 Å². The van der Waals surface area contributed by atoms with E-state index in [1.54, 1.807) is 11.8 Å². The van der Waals surface area contributed by atoms with Crippen molar-refractivity contribution < 1.29 is 9.53 Å². The molecule has 0 N–H and O–H groups in total. The fraction of sp³-hybridized carbons (Fsp3) is 0.364. The molecule has 152 valence electrons. The lowest BCUT2D eigenvalue weighted by atomic mass is 9.99. The van der Waals surface area contributed by atoms with Crippen molar-refractivity contribution in [2.24, 2.45) is 0 Å². The number of ether oxygens (including phenoxy) is 1. The van der Waals surface area contributed by atoms with E-state index >= 15 is 0 Å². The Morgan fingerprint density at radius 2 is 2.10 bits per heavy atom. The molecule has 4 rings (SSSR count). The second-order valence-corrected chi connectivity index (χ2v) is 9.45. The third kappa shape index (κ3) is 3.76. The van der Waals surface area contributed by atoms with Crippen LogP contribution < -0.4 is 0 Å². The Bertz CT molecular complexity index is 1090. The van der Waals surface area contributed by atoms with Crippen molar-refractivity contribution >= 4 is 51.8 Å². The molecule has 0 amide bonds. The molecule has 1 aromatic carbocycles. The molecule has 1 aliphatic heterocycles. The van der Waals surface area contributed by atoms with Gasteiger partial charge in [-0.15, -0.1) is 0 Å². The number of pyridine rings is 1. The first kappa shape index (κ1) is 20.6. The Hall–Kier alpha value is -1.69. The van der Waals surface area contributed by atoms with E-state index in [2.05, 4.69) is 29.5 Å². The van der Waals surface area contributed by atoms with Crippen LogP contribution in [0.3, 0.4) is 0 Å². The van der Waals surface area contributed by atoms with Crippen molar-refractivity contribution in [1.29, 1.82) is 0 Å². The Morgan fingerprint density at radius 1 is 1.31 bits per heavy atom. The molecule has 0 radical (unpaired) electrons. The Kier molecular flexibility index (Phi) is 5.83.